The highest BCUT2D eigenvalue weighted by Gasteiger charge is 2.29. The van der Waals surface area contributed by atoms with Crippen LogP contribution < -0.4 is 9.80 Å². The van der Waals surface area contributed by atoms with E-state index in [9.17, 15) is 8.42 Å². The summed E-state index contributed by atoms with van der Waals surface area (Å²) in [5.74, 6) is 0.846. The molecule has 0 unspecified atom stereocenters. The number of rotatable bonds is 4. The molecule has 0 radical (unpaired) electrons. The molecule has 1 aromatic heterocycles. The van der Waals surface area contributed by atoms with Gasteiger partial charge in [0.1, 0.15) is 0 Å². The third-order valence-electron chi connectivity index (χ3n) is 4.35. The number of aromatic nitrogens is 2. The predicted molar refractivity (Wildman–Crippen MR) is 91.5 cm³/mol. The molecule has 0 bridgehead atoms. The van der Waals surface area contributed by atoms with Crippen LogP contribution in [-0.4, -0.2) is 93.8 Å². The smallest absolute Gasteiger partial charge is 0.281 e. The summed E-state index contributed by atoms with van der Waals surface area (Å²) in [6.07, 6.45) is 1.74. The van der Waals surface area contributed by atoms with Crippen molar-refractivity contribution >= 4 is 21.7 Å². The topological polar surface area (TPSA) is 82.1 Å². The van der Waals surface area contributed by atoms with Crippen molar-refractivity contribution in [3.8, 4) is 0 Å². The third-order valence-corrected chi connectivity index (χ3v) is 6.29. The Morgan fingerprint density at radius 3 is 2.33 bits per heavy atom. The largest absolute Gasteiger partial charge is 0.378 e. The molecule has 3 rings (SSSR count). The number of nitrogens with zero attached hydrogens (tertiary/aromatic N) is 6. The molecule has 1 aromatic rings. The second-order valence-electron chi connectivity index (χ2n) is 6.05. The van der Waals surface area contributed by atoms with Gasteiger partial charge in [-0.25, -0.2) is 0 Å². The first-order valence-electron chi connectivity index (χ1n) is 8.06. The Labute approximate surface area is 143 Å². The number of hydrogen-bond acceptors (Lipinski definition) is 7. The van der Waals surface area contributed by atoms with Gasteiger partial charge in [-0.15, -0.1) is 5.10 Å². The molecule has 0 saturated carbocycles. The maximum Gasteiger partial charge on any atom is 0.281 e. The van der Waals surface area contributed by atoms with Crippen LogP contribution in [0, 0.1) is 0 Å². The van der Waals surface area contributed by atoms with Gasteiger partial charge in [-0.3, -0.25) is 0 Å². The van der Waals surface area contributed by atoms with Gasteiger partial charge < -0.3 is 14.5 Å². The summed E-state index contributed by atoms with van der Waals surface area (Å²) in [7, 11) is -0.224. The monoisotopic (exact) mass is 356 g/mol. The van der Waals surface area contributed by atoms with E-state index in [1.807, 2.05) is 6.07 Å². The van der Waals surface area contributed by atoms with Crippen LogP contribution in [0.5, 0.6) is 0 Å². The summed E-state index contributed by atoms with van der Waals surface area (Å²) in [4.78, 5) is 4.31. The molecule has 0 aromatic carbocycles. The van der Waals surface area contributed by atoms with Gasteiger partial charge >= 0.3 is 0 Å². The van der Waals surface area contributed by atoms with Crippen LogP contribution in [0.4, 0.5) is 11.5 Å². The van der Waals surface area contributed by atoms with Crippen molar-refractivity contribution in [2.75, 3.05) is 76.4 Å². The Bertz CT molecular complexity index is 654. The predicted octanol–water partition coefficient (Wildman–Crippen LogP) is -0.758. The molecule has 0 aliphatic carbocycles. The maximum absolute atomic E-state index is 12.2. The molecule has 2 saturated heterocycles. The van der Waals surface area contributed by atoms with Crippen molar-refractivity contribution in [1.29, 1.82) is 0 Å². The summed E-state index contributed by atoms with van der Waals surface area (Å²) >= 11 is 0. The van der Waals surface area contributed by atoms with Crippen LogP contribution >= 0.6 is 0 Å². The maximum atomic E-state index is 12.2. The first-order chi connectivity index (χ1) is 11.5. The van der Waals surface area contributed by atoms with Crippen molar-refractivity contribution in [3.63, 3.8) is 0 Å². The SMILES string of the molecule is CN(C)S(=O)(=O)N1CCN(c2cnnc(N3CCOCC3)c2)CC1. The highest BCUT2D eigenvalue weighted by atomic mass is 32.2. The molecule has 10 heteroatoms. The number of piperazine rings is 1. The molecule has 134 valence electrons. The lowest BCUT2D eigenvalue weighted by Crippen LogP contribution is -2.51. The van der Waals surface area contributed by atoms with E-state index >= 15 is 0 Å². The number of morpholine rings is 1. The van der Waals surface area contributed by atoms with E-state index in [0.29, 0.717) is 39.4 Å². The van der Waals surface area contributed by atoms with Crippen molar-refractivity contribution < 1.29 is 13.2 Å². The number of ether oxygens (including phenoxy) is 1. The minimum absolute atomic E-state index is 0.468. The molecule has 2 fully saturated rings. The van der Waals surface area contributed by atoms with Crippen LogP contribution in [0.3, 0.4) is 0 Å². The lowest BCUT2D eigenvalue weighted by molar-refractivity contribution is 0.122. The van der Waals surface area contributed by atoms with Gasteiger partial charge in [0.25, 0.3) is 10.2 Å². The van der Waals surface area contributed by atoms with Crippen LogP contribution in [-0.2, 0) is 14.9 Å². The van der Waals surface area contributed by atoms with E-state index in [1.54, 1.807) is 20.3 Å². The average Bonchev–Trinajstić information content (AvgIpc) is 2.62. The minimum Gasteiger partial charge on any atom is -0.378 e. The quantitative estimate of drug-likeness (QED) is 0.701. The van der Waals surface area contributed by atoms with E-state index in [0.717, 1.165) is 24.6 Å². The zero-order chi connectivity index (χ0) is 17.2. The van der Waals surface area contributed by atoms with Gasteiger partial charge in [0, 0.05) is 59.4 Å². The highest BCUT2D eigenvalue weighted by Crippen LogP contribution is 2.21. The first kappa shape index (κ1) is 17.3. The lowest BCUT2D eigenvalue weighted by atomic mass is 10.3. The fourth-order valence-corrected chi connectivity index (χ4v) is 3.96. The summed E-state index contributed by atoms with van der Waals surface area (Å²) in [6, 6.07) is 2.02. The summed E-state index contributed by atoms with van der Waals surface area (Å²) in [5.41, 5.74) is 0.980. The standard InChI is InChI=1S/C14H24N6O3S/c1-17(2)24(21,22)20-5-3-18(4-6-20)13-11-14(16-15-12-13)19-7-9-23-10-8-19/h11-12H,3-10H2,1-2H3. The molecule has 2 aliphatic rings. The Balaban J connectivity index is 1.66. The van der Waals surface area contributed by atoms with Gasteiger partial charge in [0.15, 0.2) is 5.82 Å². The third kappa shape index (κ3) is 3.61. The fraction of sp³-hybridized carbons (Fsp3) is 0.714. The second-order valence-corrected chi connectivity index (χ2v) is 8.19. The molecule has 9 nitrogen and oxygen atoms in total. The summed E-state index contributed by atoms with van der Waals surface area (Å²) < 4.78 is 32.5. The van der Waals surface area contributed by atoms with Gasteiger partial charge in [-0.1, -0.05) is 0 Å². The minimum atomic E-state index is -3.34. The Hall–Kier alpha value is -1.49. The number of anilines is 2. The average molecular weight is 356 g/mol. The second kappa shape index (κ2) is 7.18. The normalized spacial score (nSPS) is 20.6. The van der Waals surface area contributed by atoms with Gasteiger partial charge in [-0.05, 0) is 0 Å². The van der Waals surface area contributed by atoms with Crippen LogP contribution in [0.1, 0.15) is 0 Å². The summed E-state index contributed by atoms with van der Waals surface area (Å²) in [6.45, 7) is 5.24. The highest BCUT2D eigenvalue weighted by molar-refractivity contribution is 7.86. The van der Waals surface area contributed by atoms with E-state index in [-0.39, 0.29) is 0 Å². The van der Waals surface area contributed by atoms with Crippen LogP contribution in [0.2, 0.25) is 0 Å². The summed E-state index contributed by atoms with van der Waals surface area (Å²) in [5, 5.41) is 8.33. The van der Waals surface area contributed by atoms with Gasteiger partial charge in [-0.2, -0.15) is 22.1 Å². The van der Waals surface area contributed by atoms with E-state index < -0.39 is 10.2 Å². The zero-order valence-electron chi connectivity index (χ0n) is 14.1. The molecule has 0 spiro atoms. The first-order valence-corrected chi connectivity index (χ1v) is 9.46. The van der Waals surface area contributed by atoms with Crippen LogP contribution in [0.15, 0.2) is 12.3 Å². The molecular weight excluding hydrogens is 332 g/mol. The number of hydrogen-bond donors (Lipinski definition) is 0. The van der Waals surface area contributed by atoms with Crippen LogP contribution in [0.25, 0.3) is 0 Å². The van der Waals surface area contributed by atoms with E-state index in [4.69, 9.17) is 4.74 Å². The van der Waals surface area contributed by atoms with Crippen molar-refractivity contribution in [2.45, 2.75) is 0 Å². The van der Waals surface area contributed by atoms with E-state index in [2.05, 4.69) is 20.0 Å². The molecule has 0 amide bonds. The lowest BCUT2D eigenvalue weighted by Gasteiger charge is -2.36. The fourth-order valence-electron chi connectivity index (χ4n) is 2.87. The zero-order valence-corrected chi connectivity index (χ0v) is 14.9. The Kier molecular flexibility index (Phi) is 5.18. The Morgan fingerprint density at radius 1 is 1.04 bits per heavy atom. The molecule has 24 heavy (non-hydrogen) atoms. The van der Waals surface area contributed by atoms with E-state index in [1.165, 1.54) is 8.61 Å². The van der Waals surface area contributed by atoms with Crippen molar-refractivity contribution in [1.82, 2.24) is 18.8 Å². The molecule has 3 heterocycles. The van der Waals surface area contributed by atoms with Crippen molar-refractivity contribution in [3.05, 3.63) is 12.3 Å². The molecule has 0 N–H and O–H groups in total. The molecule has 2 aliphatic heterocycles. The van der Waals surface area contributed by atoms with Gasteiger partial charge in [0.05, 0.1) is 25.1 Å². The van der Waals surface area contributed by atoms with Crippen molar-refractivity contribution in [2.24, 2.45) is 0 Å². The molecule has 0 atom stereocenters. The Morgan fingerprint density at radius 2 is 1.71 bits per heavy atom. The van der Waals surface area contributed by atoms with Gasteiger partial charge in [0.2, 0.25) is 0 Å². The molecular formula is C14H24N6O3S.